The fourth-order valence-electron chi connectivity index (χ4n) is 8.11. The van der Waals surface area contributed by atoms with Crippen LogP contribution in [0, 0.1) is 10.8 Å². The van der Waals surface area contributed by atoms with Crippen molar-refractivity contribution in [3.63, 3.8) is 0 Å². The Kier molecular flexibility index (Phi) is 13.0. The van der Waals surface area contributed by atoms with E-state index in [9.17, 15) is 0 Å². The highest BCUT2D eigenvalue weighted by atomic mass is 32.1. The smallest absolute Gasteiger partial charge is 0.0717 e. The average Bonchev–Trinajstić information content (AvgIpc) is 3.71. The Hall–Kier alpha value is -3.34. The lowest BCUT2D eigenvalue weighted by Gasteiger charge is -2.40. The van der Waals surface area contributed by atoms with Gasteiger partial charge in [-0.2, -0.15) is 0 Å². The number of rotatable bonds is 23. The van der Waals surface area contributed by atoms with Crippen molar-refractivity contribution in [1.29, 1.82) is 0 Å². The van der Waals surface area contributed by atoms with Gasteiger partial charge >= 0.3 is 0 Å². The SMILES string of the molecule is CCC1(COCCCCCOCc2ccc3sc4cc5c(cc4c3c2)c2cc(COCCCCCOCC3(CC)COC3)ccc2n5-c2ccccc2)COC1. The standard InChI is InChI=1S/C48H59NO6S/c1-3-47(32-54-33-47)30-52-22-12-6-10-20-50-28-36-16-18-43-39(24-36)40-26-42-41-25-37(29-51-21-11-7-13-23-53-31-48(4-2)34-55-35-48)17-19-45(41)56-46(42)27-44(40)49(43)38-14-8-5-9-15-38/h5,8-9,14-19,24-27H,3-4,6-7,10-13,20-23,28-35H2,1-2H3. The Morgan fingerprint density at radius 1 is 0.536 bits per heavy atom. The van der Waals surface area contributed by atoms with Crippen LogP contribution >= 0.6 is 11.3 Å². The molecule has 0 aliphatic carbocycles. The second-order valence-electron chi connectivity index (χ2n) is 16.3. The predicted octanol–water partition coefficient (Wildman–Crippen LogP) is 11.4. The van der Waals surface area contributed by atoms with E-state index in [1.165, 1.54) is 58.8 Å². The Labute approximate surface area is 336 Å². The topological polar surface area (TPSA) is 60.3 Å². The first-order valence-corrected chi connectivity index (χ1v) is 21.9. The second kappa shape index (κ2) is 18.5. The molecule has 0 bridgehead atoms. The molecular formula is C48H59NO6S. The number of ether oxygens (including phenoxy) is 6. The number of nitrogens with zero attached hydrogens (tertiary/aromatic N) is 1. The lowest BCUT2D eigenvalue weighted by Crippen LogP contribution is -2.45. The molecule has 0 saturated carbocycles. The van der Waals surface area contributed by atoms with E-state index < -0.39 is 0 Å². The monoisotopic (exact) mass is 777 g/mol. The molecule has 298 valence electrons. The van der Waals surface area contributed by atoms with Crippen LogP contribution in [-0.2, 0) is 41.6 Å². The van der Waals surface area contributed by atoms with Crippen LogP contribution < -0.4 is 0 Å². The van der Waals surface area contributed by atoms with Gasteiger partial charge in [0.05, 0.1) is 63.9 Å². The Morgan fingerprint density at radius 2 is 1.07 bits per heavy atom. The molecule has 8 rings (SSSR count). The van der Waals surface area contributed by atoms with E-state index in [1.54, 1.807) is 0 Å². The van der Waals surface area contributed by atoms with Crippen LogP contribution in [0.2, 0.25) is 0 Å². The van der Waals surface area contributed by atoms with Gasteiger partial charge in [0.2, 0.25) is 0 Å². The molecule has 2 saturated heterocycles. The maximum absolute atomic E-state index is 6.21. The summed E-state index contributed by atoms with van der Waals surface area (Å²) in [4.78, 5) is 0. The Morgan fingerprint density at radius 3 is 1.64 bits per heavy atom. The second-order valence-corrected chi connectivity index (χ2v) is 17.4. The van der Waals surface area contributed by atoms with Crippen LogP contribution in [0.4, 0.5) is 0 Å². The summed E-state index contributed by atoms with van der Waals surface area (Å²) in [6.07, 6.45) is 8.74. The van der Waals surface area contributed by atoms with E-state index in [0.717, 1.165) is 117 Å². The number of aromatic nitrogens is 1. The normalized spacial score (nSPS) is 16.2. The largest absolute Gasteiger partial charge is 0.381 e. The fraction of sp³-hybridized carbons (Fsp3) is 0.500. The van der Waals surface area contributed by atoms with Gasteiger partial charge in [0, 0.05) is 73.9 Å². The zero-order valence-corrected chi connectivity index (χ0v) is 34.3. The lowest BCUT2D eigenvalue weighted by molar-refractivity contribution is -0.150. The maximum Gasteiger partial charge on any atom is 0.0717 e. The summed E-state index contributed by atoms with van der Waals surface area (Å²) in [5, 5.41) is 5.14. The Balaban J connectivity index is 0.900. The summed E-state index contributed by atoms with van der Waals surface area (Å²) >= 11 is 1.87. The van der Waals surface area contributed by atoms with Crippen molar-refractivity contribution in [3.8, 4) is 5.69 Å². The van der Waals surface area contributed by atoms with Gasteiger partial charge < -0.3 is 33.0 Å². The molecule has 0 N–H and O–H groups in total. The highest BCUT2D eigenvalue weighted by molar-refractivity contribution is 7.25. The van der Waals surface area contributed by atoms with E-state index in [0.29, 0.717) is 13.2 Å². The Bertz CT molecular complexity index is 2170. The average molecular weight is 778 g/mol. The molecule has 0 radical (unpaired) electrons. The molecule has 0 unspecified atom stereocenters. The summed E-state index contributed by atoms with van der Waals surface area (Å²) in [5.41, 5.74) is 6.58. The molecular weight excluding hydrogens is 719 g/mol. The maximum atomic E-state index is 6.21. The van der Waals surface area contributed by atoms with Crippen LogP contribution in [0.3, 0.4) is 0 Å². The molecule has 0 spiro atoms. The third kappa shape index (κ3) is 8.87. The summed E-state index contributed by atoms with van der Waals surface area (Å²) in [7, 11) is 0. The molecule has 4 aromatic carbocycles. The number of thiophene rings is 1. The van der Waals surface area contributed by atoms with E-state index in [2.05, 4.69) is 97.3 Å². The molecule has 7 nitrogen and oxygen atoms in total. The van der Waals surface area contributed by atoms with Crippen LogP contribution in [0.25, 0.3) is 47.7 Å². The summed E-state index contributed by atoms with van der Waals surface area (Å²) in [6.45, 7) is 13.9. The van der Waals surface area contributed by atoms with E-state index in [1.807, 2.05) is 11.3 Å². The number of benzene rings is 4. The number of para-hydroxylation sites is 1. The van der Waals surface area contributed by atoms with E-state index in [4.69, 9.17) is 28.4 Å². The third-order valence-corrected chi connectivity index (χ3v) is 13.3. The lowest BCUT2D eigenvalue weighted by atomic mass is 9.84. The molecule has 4 heterocycles. The molecule has 56 heavy (non-hydrogen) atoms. The van der Waals surface area contributed by atoms with Gasteiger partial charge in [-0.15, -0.1) is 11.3 Å². The van der Waals surface area contributed by atoms with Crippen molar-refractivity contribution in [3.05, 3.63) is 90.0 Å². The van der Waals surface area contributed by atoms with E-state index in [-0.39, 0.29) is 10.8 Å². The van der Waals surface area contributed by atoms with Crippen molar-refractivity contribution in [2.45, 2.75) is 78.4 Å². The molecule has 2 fully saturated rings. The van der Waals surface area contributed by atoms with Crippen LogP contribution in [0.15, 0.2) is 78.9 Å². The molecule has 0 atom stereocenters. The molecule has 2 aliphatic rings. The number of unbranched alkanes of at least 4 members (excludes halogenated alkanes) is 4. The van der Waals surface area contributed by atoms with Gasteiger partial charge in [-0.25, -0.2) is 0 Å². The molecule has 8 heteroatoms. The van der Waals surface area contributed by atoms with Gasteiger partial charge in [0.15, 0.2) is 0 Å². The van der Waals surface area contributed by atoms with Crippen LogP contribution in [0.1, 0.15) is 76.3 Å². The van der Waals surface area contributed by atoms with Gasteiger partial charge in [0.1, 0.15) is 0 Å². The number of fused-ring (bicyclic) bond motifs is 6. The van der Waals surface area contributed by atoms with Crippen molar-refractivity contribution >= 4 is 53.3 Å². The quantitative estimate of drug-likeness (QED) is 0.0604. The highest BCUT2D eigenvalue weighted by Crippen LogP contribution is 2.41. The van der Waals surface area contributed by atoms with Gasteiger partial charge in [-0.05, 0) is 111 Å². The summed E-state index contributed by atoms with van der Waals surface area (Å²) in [5.74, 6) is 0. The first kappa shape index (κ1) is 39.5. The van der Waals surface area contributed by atoms with Crippen molar-refractivity contribution in [2.75, 3.05) is 66.1 Å². The van der Waals surface area contributed by atoms with Gasteiger partial charge in [0.25, 0.3) is 0 Å². The molecule has 2 aromatic heterocycles. The zero-order chi connectivity index (χ0) is 38.2. The summed E-state index contributed by atoms with van der Waals surface area (Å²) in [6, 6.07) is 29.2. The molecule has 2 aliphatic heterocycles. The van der Waals surface area contributed by atoms with Crippen molar-refractivity contribution in [2.24, 2.45) is 10.8 Å². The van der Waals surface area contributed by atoms with Crippen molar-refractivity contribution in [1.82, 2.24) is 4.57 Å². The number of hydrogen-bond donors (Lipinski definition) is 0. The fourth-order valence-corrected chi connectivity index (χ4v) is 9.21. The number of hydrogen-bond acceptors (Lipinski definition) is 7. The summed E-state index contributed by atoms with van der Waals surface area (Å²) < 4.78 is 40.2. The third-order valence-electron chi connectivity index (χ3n) is 12.1. The van der Waals surface area contributed by atoms with E-state index >= 15 is 0 Å². The first-order valence-electron chi connectivity index (χ1n) is 21.0. The first-order chi connectivity index (χ1) is 27.6. The minimum Gasteiger partial charge on any atom is -0.381 e. The highest BCUT2D eigenvalue weighted by Gasteiger charge is 2.37. The minimum atomic E-state index is 0.265. The zero-order valence-electron chi connectivity index (χ0n) is 33.5. The van der Waals surface area contributed by atoms with Crippen LogP contribution in [-0.4, -0.2) is 70.6 Å². The predicted molar refractivity (Wildman–Crippen MR) is 229 cm³/mol. The van der Waals surface area contributed by atoms with Gasteiger partial charge in [-0.3, -0.25) is 0 Å². The van der Waals surface area contributed by atoms with Gasteiger partial charge in [-0.1, -0.05) is 44.2 Å². The molecule has 6 aromatic rings. The van der Waals surface area contributed by atoms with Crippen molar-refractivity contribution < 1.29 is 28.4 Å². The minimum absolute atomic E-state index is 0.265. The molecule has 0 amide bonds. The van der Waals surface area contributed by atoms with Crippen LogP contribution in [0.5, 0.6) is 0 Å².